The average molecular weight is 506 g/mol. The Kier molecular flexibility index (Phi) is 6.74. The maximum atomic E-state index is 5.96. The average Bonchev–Trinajstić information content (AvgIpc) is 2.62. The van der Waals surface area contributed by atoms with E-state index in [2.05, 4.69) is 36.8 Å². The molecule has 1 aliphatic rings. The number of rotatable bonds is 4. The SMILES string of the molecule is S=C(c1cc(Br)c(OCc2ccc(Cl)cc2)c(Br)c1)N1CCOCC1. The zero-order chi connectivity index (χ0) is 17.8. The van der Waals surface area contributed by atoms with Crippen LogP contribution in [0.25, 0.3) is 0 Å². The second-order valence-electron chi connectivity index (χ2n) is 5.59. The fourth-order valence-electron chi connectivity index (χ4n) is 2.51. The smallest absolute Gasteiger partial charge is 0.148 e. The van der Waals surface area contributed by atoms with Crippen molar-refractivity contribution in [2.24, 2.45) is 0 Å². The first-order chi connectivity index (χ1) is 12.0. The van der Waals surface area contributed by atoms with Crippen LogP contribution in [0, 0.1) is 0 Å². The lowest BCUT2D eigenvalue weighted by Crippen LogP contribution is -2.40. The fourth-order valence-corrected chi connectivity index (χ4v) is 4.35. The van der Waals surface area contributed by atoms with Gasteiger partial charge in [0.15, 0.2) is 0 Å². The molecule has 1 fully saturated rings. The van der Waals surface area contributed by atoms with E-state index in [-0.39, 0.29) is 0 Å². The Hall–Kier alpha value is -0.660. The molecule has 0 aliphatic carbocycles. The van der Waals surface area contributed by atoms with Crippen LogP contribution in [0.15, 0.2) is 45.3 Å². The maximum Gasteiger partial charge on any atom is 0.148 e. The standard InChI is InChI=1S/C18H16Br2ClNO2S/c19-15-9-13(18(25)22-5-7-23-8-6-22)10-16(20)17(15)24-11-12-1-3-14(21)4-2-12/h1-4,9-10H,5-8,11H2. The van der Waals surface area contributed by atoms with E-state index in [1.54, 1.807) is 0 Å². The molecular weight excluding hydrogens is 490 g/mol. The molecule has 0 unspecified atom stereocenters. The van der Waals surface area contributed by atoms with Crippen molar-refractivity contribution in [1.82, 2.24) is 4.90 Å². The Morgan fingerprint density at radius 1 is 1.12 bits per heavy atom. The van der Waals surface area contributed by atoms with Crippen LogP contribution in [-0.2, 0) is 11.3 Å². The molecule has 0 bridgehead atoms. The van der Waals surface area contributed by atoms with Crippen LogP contribution >= 0.6 is 55.7 Å². The van der Waals surface area contributed by atoms with Crippen molar-refractivity contribution in [2.45, 2.75) is 6.61 Å². The Morgan fingerprint density at radius 2 is 1.72 bits per heavy atom. The third-order valence-corrected chi connectivity index (χ3v) is 5.76. The van der Waals surface area contributed by atoms with Gasteiger partial charge in [0.05, 0.1) is 22.2 Å². The summed E-state index contributed by atoms with van der Waals surface area (Å²) in [5.41, 5.74) is 2.03. The highest BCUT2D eigenvalue weighted by Crippen LogP contribution is 2.36. The van der Waals surface area contributed by atoms with Gasteiger partial charge >= 0.3 is 0 Å². The number of nitrogens with zero attached hydrogens (tertiary/aromatic N) is 1. The number of benzene rings is 2. The number of halogens is 3. The van der Waals surface area contributed by atoms with E-state index in [0.717, 1.165) is 43.9 Å². The minimum Gasteiger partial charge on any atom is -0.487 e. The van der Waals surface area contributed by atoms with Gasteiger partial charge in [-0.1, -0.05) is 36.0 Å². The number of morpholine rings is 1. The van der Waals surface area contributed by atoms with Gasteiger partial charge in [-0.3, -0.25) is 0 Å². The summed E-state index contributed by atoms with van der Waals surface area (Å²) in [4.78, 5) is 3.00. The summed E-state index contributed by atoms with van der Waals surface area (Å²) in [5, 5.41) is 0.715. The molecule has 1 saturated heterocycles. The molecule has 1 aliphatic heterocycles. The molecule has 2 aromatic carbocycles. The predicted molar refractivity (Wildman–Crippen MR) is 112 cm³/mol. The largest absolute Gasteiger partial charge is 0.487 e. The first-order valence-corrected chi connectivity index (χ1v) is 10.1. The lowest BCUT2D eigenvalue weighted by atomic mass is 10.2. The molecule has 0 N–H and O–H groups in total. The molecule has 7 heteroatoms. The summed E-state index contributed by atoms with van der Waals surface area (Å²) in [6.45, 7) is 3.53. The highest BCUT2D eigenvalue weighted by molar-refractivity contribution is 9.11. The molecule has 0 aromatic heterocycles. The van der Waals surface area contributed by atoms with Gasteiger partial charge in [-0.05, 0) is 61.7 Å². The summed E-state index contributed by atoms with van der Waals surface area (Å²) >= 11 is 18.7. The van der Waals surface area contributed by atoms with Crippen LogP contribution in [0.3, 0.4) is 0 Å². The minimum atomic E-state index is 0.460. The molecule has 3 nitrogen and oxygen atoms in total. The maximum absolute atomic E-state index is 5.96. The van der Waals surface area contributed by atoms with Crippen LogP contribution in [0.2, 0.25) is 5.02 Å². The topological polar surface area (TPSA) is 21.7 Å². The summed E-state index contributed by atoms with van der Waals surface area (Å²) in [6.07, 6.45) is 0. The first kappa shape index (κ1) is 19.1. The van der Waals surface area contributed by atoms with Crippen molar-refractivity contribution in [1.29, 1.82) is 0 Å². The van der Waals surface area contributed by atoms with Gasteiger partial charge in [-0.2, -0.15) is 0 Å². The van der Waals surface area contributed by atoms with E-state index < -0.39 is 0 Å². The van der Waals surface area contributed by atoms with Crippen LogP contribution in [0.5, 0.6) is 5.75 Å². The first-order valence-electron chi connectivity index (χ1n) is 7.78. The molecule has 25 heavy (non-hydrogen) atoms. The van der Waals surface area contributed by atoms with Gasteiger partial charge in [-0.15, -0.1) is 0 Å². The lowest BCUT2D eigenvalue weighted by molar-refractivity contribution is 0.0693. The third-order valence-electron chi connectivity index (χ3n) is 3.84. The molecule has 3 rings (SSSR count). The summed E-state index contributed by atoms with van der Waals surface area (Å²) in [5.74, 6) is 0.753. The molecule has 132 valence electrons. The summed E-state index contributed by atoms with van der Waals surface area (Å²) in [6, 6.07) is 11.6. The molecule has 0 amide bonds. The molecule has 0 radical (unpaired) electrons. The Bertz CT molecular complexity index is 741. The zero-order valence-electron chi connectivity index (χ0n) is 13.3. The Balaban J connectivity index is 1.73. The van der Waals surface area contributed by atoms with Crippen molar-refractivity contribution in [2.75, 3.05) is 26.3 Å². The third kappa shape index (κ3) is 4.95. The lowest BCUT2D eigenvalue weighted by Gasteiger charge is -2.29. The molecule has 0 saturated carbocycles. The number of hydrogen-bond donors (Lipinski definition) is 0. The van der Waals surface area contributed by atoms with Crippen molar-refractivity contribution >= 4 is 60.7 Å². The fraction of sp³-hybridized carbons (Fsp3) is 0.278. The Labute approximate surface area is 174 Å². The second-order valence-corrected chi connectivity index (χ2v) is 8.12. The Morgan fingerprint density at radius 3 is 2.32 bits per heavy atom. The minimum absolute atomic E-state index is 0.460. The van der Waals surface area contributed by atoms with Gasteiger partial charge < -0.3 is 14.4 Å². The van der Waals surface area contributed by atoms with Gasteiger partial charge in [0.25, 0.3) is 0 Å². The van der Waals surface area contributed by atoms with E-state index >= 15 is 0 Å². The van der Waals surface area contributed by atoms with E-state index in [4.69, 9.17) is 33.3 Å². The van der Waals surface area contributed by atoms with Gasteiger partial charge in [-0.25, -0.2) is 0 Å². The molecule has 0 spiro atoms. The predicted octanol–water partition coefficient (Wildman–Crippen LogP) is 5.45. The van der Waals surface area contributed by atoms with Gasteiger partial charge in [0.1, 0.15) is 17.3 Å². The van der Waals surface area contributed by atoms with E-state index in [0.29, 0.717) is 24.8 Å². The number of ether oxygens (including phenoxy) is 2. The highest BCUT2D eigenvalue weighted by Gasteiger charge is 2.18. The quantitative estimate of drug-likeness (QED) is 0.515. The van der Waals surface area contributed by atoms with Crippen LogP contribution in [0.4, 0.5) is 0 Å². The number of thiocarbonyl (C=S) groups is 1. The van der Waals surface area contributed by atoms with Crippen molar-refractivity contribution < 1.29 is 9.47 Å². The van der Waals surface area contributed by atoms with Crippen molar-refractivity contribution in [3.63, 3.8) is 0 Å². The highest BCUT2D eigenvalue weighted by atomic mass is 79.9. The van der Waals surface area contributed by atoms with Crippen LogP contribution < -0.4 is 4.74 Å². The van der Waals surface area contributed by atoms with Gasteiger partial charge in [0, 0.05) is 23.7 Å². The normalized spacial score (nSPS) is 14.4. The zero-order valence-corrected chi connectivity index (χ0v) is 18.0. The molecule has 2 aromatic rings. The van der Waals surface area contributed by atoms with Crippen molar-refractivity contribution in [3.8, 4) is 5.75 Å². The van der Waals surface area contributed by atoms with Crippen LogP contribution in [0.1, 0.15) is 11.1 Å². The second kappa shape index (κ2) is 8.82. The van der Waals surface area contributed by atoms with Gasteiger partial charge in [0.2, 0.25) is 0 Å². The van der Waals surface area contributed by atoms with E-state index in [1.165, 1.54) is 0 Å². The van der Waals surface area contributed by atoms with E-state index in [9.17, 15) is 0 Å². The van der Waals surface area contributed by atoms with E-state index in [1.807, 2.05) is 36.4 Å². The summed E-state index contributed by atoms with van der Waals surface area (Å²) < 4.78 is 13.1. The molecule has 1 heterocycles. The monoisotopic (exact) mass is 503 g/mol. The molecular formula is C18H16Br2ClNO2S. The molecule has 0 atom stereocenters. The number of hydrogen-bond acceptors (Lipinski definition) is 3. The van der Waals surface area contributed by atoms with Crippen molar-refractivity contribution in [3.05, 3.63) is 61.5 Å². The summed E-state index contributed by atoms with van der Waals surface area (Å²) in [7, 11) is 0. The van der Waals surface area contributed by atoms with Crippen LogP contribution in [-0.4, -0.2) is 36.2 Å².